The van der Waals surface area contributed by atoms with E-state index < -0.39 is 11.9 Å². The Kier molecular flexibility index (Phi) is 13.2. The molecule has 1 N–H and O–H groups in total. The van der Waals surface area contributed by atoms with Crippen molar-refractivity contribution in [1.29, 1.82) is 0 Å². The lowest BCUT2D eigenvalue weighted by Crippen LogP contribution is -2.37. The van der Waals surface area contributed by atoms with E-state index >= 15 is 0 Å². The van der Waals surface area contributed by atoms with Gasteiger partial charge in [-0.2, -0.15) is 0 Å². The number of aliphatic hydroxyl groups is 1. The molecule has 1 spiro atoms. The lowest BCUT2D eigenvalue weighted by molar-refractivity contribution is -0.212. The van der Waals surface area contributed by atoms with Crippen molar-refractivity contribution in [1.82, 2.24) is 0 Å². The third kappa shape index (κ3) is 8.16. The fourth-order valence-electron chi connectivity index (χ4n) is 4.69. The zero-order valence-corrected chi connectivity index (χ0v) is 21.4. The number of hydrogen-bond acceptors (Lipinski definition) is 9. The van der Waals surface area contributed by atoms with Crippen molar-refractivity contribution in [2.24, 2.45) is 0 Å². The summed E-state index contributed by atoms with van der Waals surface area (Å²) in [5.41, 5.74) is 1.60. The monoisotopic (exact) mass is 548 g/mol. The normalized spacial score (nSPS) is 20.9. The van der Waals surface area contributed by atoms with Gasteiger partial charge in [0.25, 0.3) is 0 Å². The first kappa shape index (κ1) is 32.5. The Morgan fingerprint density at radius 2 is 1.49 bits per heavy atom. The van der Waals surface area contributed by atoms with Gasteiger partial charge in [-0.05, 0) is 25.0 Å². The van der Waals surface area contributed by atoms with Crippen LogP contribution in [0.15, 0.2) is 48.5 Å². The fraction of sp³-hybridized carbons (Fsp3) is 0.567. The van der Waals surface area contributed by atoms with Gasteiger partial charge in [-0.25, -0.2) is 4.79 Å². The standard InChI is InChI=1S/C14H16O5.C14H20O4.2CH4/c1-16-11-5-3-2-4-10(11)12-13(15)19-14(18-12)6-8-17-9-7-14;1-16-13-5-3-2-4-12(13)14(10-15)18-11-6-8-17-9-7-11;;/h2-5,12H,6-9H2,1H3;2-5,11,14-15H,6-10H2,1H3;2*1H4/t12-;14-;;/m10../s1. The molecule has 2 atom stereocenters. The Bertz CT molecular complexity index is 999. The Hall–Kier alpha value is -2.69. The van der Waals surface area contributed by atoms with Crippen molar-refractivity contribution in [3.63, 3.8) is 0 Å². The van der Waals surface area contributed by atoms with Gasteiger partial charge >= 0.3 is 5.97 Å². The highest BCUT2D eigenvalue weighted by atomic mass is 16.8. The molecular formula is C30H44O9. The van der Waals surface area contributed by atoms with Gasteiger partial charge in [-0.1, -0.05) is 51.3 Å². The number of carbonyl (C=O) groups excluding carboxylic acids is 1. The minimum atomic E-state index is -0.819. The van der Waals surface area contributed by atoms with Gasteiger partial charge in [-0.15, -0.1) is 0 Å². The number of carbonyl (C=O) groups is 1. The van der Waals surface area contributed by atoms with E-state index in [0.717, 1.165) is 37.4 Å². The molecule has 218 valence electrons. The lowest BCUT2D eigenvalue weighted by atomic mass is 10.1. The first-order valence-corrected chi connectivity index (χ1v) is 12.7. The maximum absolute atomic E-state index is 12.1. The number of benzene rings is 2. The fourth-order valence-corrected chi connectivity index (χ4v) is 4.69. The highest BCUT2D eigenvalue weighted by molar-refractivity contribution is 5.79. The summed E-state index contributed by atoms with van der Waals surface area (Å²) in [6.07, 6.45) is 2.02. The first-order valence-electron chi connectivity index (χ1n) is 12.7. The van der Waals surface area contributed by atoms with E-state index in [1.54, 1.807) is 20.3 Å². The van der Waals surface area contributed by atoms with Crippen LogP contribution in [0.25, 0.3) is 0 Å². The number of hydrogen-bond donors (Lipinski definition) is 1. The molecule has 0 radical (unpaired) electrons. The number of esters is 1. The minimum Gasteiger partial charge on any atom is -0.496 e. The van der Waals surface area contributed by atoms with Crippen LogP contribution in [0.5, 0.6) is 11.5 Å². The minimum absolute atomic E-state index is 0. The first-order chi connectivity index (χ1) is 18.1. The van der Waals surface area contributed by atoms with Crippen molar-refractivity contribution < 1.29 is 43.1 Å². The van der Waals surface area contributed by atoms with E-state index in [1.807, 2.05) is 42.5 Å². The SMILES string of the molecule is C.C.COc1ccccc1[C@H](CO)OC1CCOCC1.COc1ccccc1[C@H]1OC2(CCOCC2)OC1=O. The average Bonchev–Trinajstić information content (AvgIpc) is 3.27. The predicted molar refractivity (Wildman–Crippen MR) is 147 cm³/mol. The molecule has 39 heavy (non-hydrogen) atoms. The molecular weight excluding hydrogens is 504 g/mol. The second-order valence-corrected chi connectivity index (χ2v) is 9.04. The Morgan fingerprint density at radius 3 is 2.13 bits per heavy atom. The van der Waals surface area contributed by atoms with Gasteiger partial charge in [0.1, 0.15) is 17.6 Å². The molecule has 2 aromatic rings. The number of methoxy groups -OCH3 is 2. The van der Waals surface area contributed by atoms with Crippen molar-refractivity contribution in [3.8, 4) is 11.5 Å². The molecule has 5 rings (SSSR count). The van der Waals surface area contributed by atoms with E-state index in [2.05, 4.69) is 0 Å². The van der Waals surface area contributed by atoms with Crippen molar-refractivity contribution in [3.05, 3.63) is 59.7 Å². The van der Waals surface area contributed by atoms with Crippen LogP contribution in [0.4, 0.5) is 0 Å². The van der Waals surface area contributed by atoms with Gasteiger partial charge in [0, 0.05) is 37.2 Å². The van der Waals surface area contributed by atoms with Crippen LogP contribution in [0.1, 0.15) is 63.9 Å². The second kappa shape index (κ2) is 15.8. The molecule has 3 aliphatic heterocycles. The van der Waals surface area contributed by atoms with Crippen molar-refractivity contribution >= 4 is 5.97 Å². The molecule has 9 heteroatoms. The van der Waals surface area contributed by atoms with E-state index in [0.29, 0.717) is 37.4 Å². The van der Waals surface area contributed by atoms with Gasteiger partial charge in [-0.3, -0.25) is 0 Å². The number of ether oxygens (including phenoxy) is 7. The number of aliphatic hydroxyl groups excluding tert-OH is 1. The van der Waals surface area contributed by atoms with Crippen LogP contribution in [-0.2, 0) is 28.5 Å². The van der Waals surface area contributed by atoms with Crippen LogP contribution in [0.3, 0.4) is 0 Å². The van der Waals surface area contributed by atoms with E-state index in [9.17, 15) is 9.90 Å². The highest BCUT2D eigenvalue weighted by Gasteiger charge is 2.50. The largest absolute Gasteiger partial charge is 0.496 e. The van der Waals surface area contributed by atoms with Crippen molar-refractivity contribution in [2.75, 3.05) is 47.3 Å². The molecule has 3 heterocycles. The van der Waals surface area contributed by atoms with Crippen LogP contribution in [-0.4, -0.2) is 70.2 Å². The van der Waals surface area contributed by atoms with E-state index in [4.69, 9.17) is 33.2 Å². The summed E-state index contributed by atoms with van der Waals surface area (Å²) >= 11 is 0. The summed E-state index contributed by atoms with van der Waals surface area (Å²) in [6, 6.07) is 15.0. The van der Waals surface area contributed by atoms with E-state index in [1.165, 1.54) is 0 Å². The molecule has 0 saturated carbocycles. The zero-order valence-electron chi connectivity index (χ0n) is 21.4. The van der Waals surface area contributed by atoms with Gasteiger partial charge in [0.2, 0.25) is 5.79 Å². The van der Waals surface area contributed by atoms with Crippen LogP contribution < -0.4 is 9.47 Å². The summed E-state index contributed by atoms with van der Waals surface area (Å²) in [7, 11) is 3.20. The van der Waals surface area contributed by atoms with Gasteiger partial charge in [0.15, 0.2) is 6.10 Å². The predicted octanol–water partition coefficient (Wildman–Crippen LogP) is 5.01. The van der Waals surface area contributed by atoms with Crippen LogP contribution in [0.2, 0.25) is 0 Å². The number of para-hydroxylation sites is 2. The van der Waals surface area contributed by atoms with Crippen LogP contribution in [0, 0.1) is 0 Å². The molecule has 0 aliphatic carbocycles. The van der Waals surface area contributed by atoms with Gasteiger partial charge in [0.05, 0.1) is 40.1 Å². The zero-order chi connectivity index (χ0) is 26.1. The van der Waals surface area contributed by atoms with Crippen LogP contribution >= 0.6 is 0 Å². The second-order valence-electron chi connectivity index (χ2n) is 9.04. The average molecular weight is 549 g/mol. The smallest absolute Gasteiger partial charge is 0.342 e. The molecule has 2 aromatic carbocycles. The summed E-state index contributed by atoms with van der Waals surface area (Å²) in [6.45, 7) is 2.51. The molecule has 9 nitrogen and oxygen atoms in total. The van der Waals surface area contributed by atoms with Crippen molar-refractivity contribution in [2.45, 2.75) is 64.6 Å². The molecule has 0 bridgehead atoms. The highest BCUT2D eigenvalue weighted by Crippen LogP contribution is 2.42. The quantitative estimate of drug-likeness (QED) is 0.478. The molecule has 3 saturated heterocycles. The van der Waals surface area contributed by atoms with Gasteiger partial charge < -0.3 is 38.3 Å². The molecule has 0 unspecified atom stereocenters. The molecule has 3 fully saturated rings. The maximum Gasteiger partial charge on any atom is 0.342 e. The molecule has 0 aromatic heterocycles. The Morgan fingerprint density at radius 1 is 0.897 bits per heavy atom. The summed E-state index contributed by atoms with van der Waals surface area (Å²) < 4.78 is 38.5. The topological polar surface area (TPSA) is 102 Å². The third-order valence-corrected chi connectivity index (χ3v) is 6.69. The number of rotatable bonds is 7. The Labute approximate surface area is 232 Å². The summed E-state index contributed by atoms with van der Waals surface area (Å²) in [5.74, 6) is 0.212. The summed E-state index contributed by atoms with van der Waals surface area (Å²) in [5, 5.41) is 9.52. The molecule has 0 amide bonds. The lowest BCUT2D eigenvalue weighted by Gasteiger charge is -2.30. The Balaban J connectivity index is 0.000000261. The molecule has 3 aliphatic rings. The third-order valence-electron chi connectivity index (χ3n) is 6.69. The van der Waals surface area contributed by atoms with E-state index in [-0.39, 0.29) is 39.6 Å². The summed E-state index contributed by atoms with van der Waals surface area (Å²) in [4.78, 5) is 12.1. The maximum atomic E-state index is 12.1.